The Hall–Kier alpha value is -2.86. The summed E-state index contributed by atoms with van der Waals surface area (Å²) in [6, 6.07) is 9.48. The number of aliphatic hydroxyl groups is 1. The maximum absolute atomic E-state index is 12.8. The number of phenols is 1. The number of carbonyl (C=O) groups excluding carboxylic acids is 1. The maximum atomic E-state index is 12.8. The highest BCUT2D eigenvalue weighted by Crippen LogP contribution is 2.49. The Morgan fingerprint density at radius 3 is 2.62 bits per heavy atom. The van der Waals surface area contributed by atoms with Gasteiger partial charge < -0.3 is 10.2 Å². The molecule has 5 N–H and O–H groups in total. The number of hydrogen-bond donors (Lipinski definition) is 5. The standard InChI is InChI=1S/C17H18FN5O5S/c18-13-4-2-12(3-5-13)17(26)20-22-19-8-7-11-1-6-14(15(24)9-11)23-10-16(25)21-29(23,27)28/h1-6,9,16,21,25H,7-8,10H2,(H2-,24,27,28)/p+1. The summed E-state index contributed by atoms with van der Waals surface area (Å²) < 4.78 is 36.0. The number of halogens is 1. The molecule has 1 aliphatic rings. The molecule has 1 saturated heterocycles. The number of hydrogen-bond acceptors (Lipinski definition) is 8. The molecule has 0 aromatic heterocycles. The van der Waals surface area contributed by atoms with Gasteiger partial charge in [0.25, 0.3) is 0 Å². The van der Waals surface area contributed by atoms with Crippen molar-refractivity contribution in [3.05, 3.63) is 59.4 Å². The van der Waals surface area contributed by atoms with Crippen LogP contribution in [0.2, 0.25) is 0 Å². The molecule has 1 atom stereocenters. The minimum absolute atomic E-state index is 0.0902. The van der Waals surface area contributed by atoms with Crippen LogP contribution in [0.15, 0.2) is 52.7 Å². The molecule has 0 saturated carbocycles. The molecule has 1 unspecified atom stereocenters. The predicted octanol–water partition coefficient (Wildman–Crippen LogP) is 2.19. The molecule has 154 valence electrons. The van der Waals surface area contributed by atoms with Crippen LogP contribution in [-0.4, -0.2) is 44.5 Å². The third-order valence-corrected chi connectivity index (χ3v) is 5.59. The molecule has 1 fully saturated rings. The molecule has 0 aliphatic carbocycles. The monoisotopic (exact) mass is 424 g/mol. The van der Waals surface area contributed by atoms with Crippen molar-refractivity contribution in [2.45, 2.75) is 12.6 Å². The van der Waals surface area contributed by atoms with E-state index in [2.05, 4.69) is 19.9 Å². The smallest absolute Gasteiger partial charge is 0.360 e. The first-order chi connectivity index (χ1) is 13.8. The lowest BCUT2D eigenvalue weighted by molar-refractivity contribution is 0.0992. The van der Waals surface area contributed by atoms with Crippen LogP contribution in [-0.2, 0) is 6.42 Å². The number of amides is 1. The van der Waals surface area contributed by atoms with Crippen molar-refractivity contribution in [2.24, 2.45) is 10.2 Å². The largest absolute Gasteiger partial charge is 0.506 e. The molecular formula is C17H19FN5O5S+. The Balaban J connectivity index is 1.59. The van der Waals surface area contributed by atoms with Crippen molar-refractivity contribution in [1.82, 2.24) is 9.63 Å². The second-order valence-corrected chi connectivity index (χ2v) is 7.87. The number of aromatic hydroxyl groups is 1. The van der Waals surface area contributed by atoms with Crippen LogP contribution in [0.5, 0.6) is 5.75 Å². The van der Waals surface area contributed by atoms with Crippen LogP contribution >= 0.6 is 11.0 Å². The van der Waals surface area contributed by atoms with Crippen molar-refractivity contribution in [3.63, 3.8) is 0 Å². The van der Waals surface area contributed by atoms with E-state index in [9.17, 15) is 28.5 Å². The molecule has 29 heavy (non-hydrogen) atoms. The first kappa shape index (κ1) is 20.9. The molecule has 0 spiro atoms. The highest BCUT2D eigenvalue weighted by Gasteiger charge is 2.36. The molecule has 0 radical (unpaired) electrons. The fourth-order valence-corrected chi connectivity index (χ4v) is 4.01. The first-order valence-electron chi connectivity index (χ1n) is 8.47. The molecule has 3 rings (SSSR count). The predicted molar refractivity (Wildman–Crippen MR) is 104 cm³/mol. The summed E-state index contributed by atoms with van der Waals surface area (Å²) in [5.41, 5.74) is 1.05. The highest BCUT2D eigenvalue weighted by atomic mass is 32.3. The molecular weight excluding hydrogens is 405 g/mol. The van der Waals surface area contributed by atoms with E-state index in [1.54, 1.807) is 6.07 Å². The van der Waals surface area contributed by atoms with E-state index >= 15 is 0 Å². The van der Waals surface area contributed by atoms with Gasteiger partial charge in [-0.15, -0.1) is 0 Å². The summed E-state index contributed by atoms with van der Waals surface area (Å²) in [7, 11) is -3.41. The summed E-state index contributed by atoms with van der Waals surface area (Å²) in [5.74, 6) is -1.29. The van der Waals surface area contributed by atoms with Gasteiger partial charge in [-0.1, -0.05) is 17.0 Å². The number of carbonyl (C=O) groups is 1. The van der Waals surface area contributed by atoms with Crippen LogP contribution in [0.3, 0.4) is 0 Å². The van der Waals surface area contributed by atoms with Gasteiger partial charge in [-0.2, -0.15) is 4.72 Å². The third-order valence-electron chi connectivity index (χ3n) is 4.04. The zero-order valence-corrected chi connectivity index (χ0v) is 15.8. The summed E-state index contributed by atoms with van der Waals surface area (Å²) in [6.45, 7) is 0.102. The van der Waals surface area contributed by atoms with Crippen LogP contribution in [0.1, 0.15) is 15.9 Å². The van der Waals surface area contributed by atoms with Crippen molar-refractivity contribution in [1.29, 1.82) is 0 Å². The molecule has 10 nitrogen and oxygen atoms in total. The average molecular weight is 424 g/mol. The average Bonchev–Trinajstić information content (AvgIpc) is 2.94. The van der Waals surface area contributed by atoms with Gasteiger partial charge in [0.1, 0.15) is 35.1 Å². The van der Waals surface area contributed by atoms with Crippen LogP contribution in [0.25, 0.3) is 0 Å². The van der Waals surface area contributed by atoms with E-state index in [-0.39, 0.29) is 30.1 Å². The summed E-state index contributed by atoms with van der Waals surface area (Å²) >= 11 is 0. The topological polar surface area (TPSA) is 152 Å². The number of benzene rings is 2. The van der Waals surface area contributed by atoms with Gasteiger partial charge >= 0.3 is 5.91 Å². The van der Waals surface area contributed by atoms with E-state index in [0.29, 0.717) is 12.0 Å². The van der Waals surface area contributed by atoms with Gasteiger partial charge in [-0.3, -0.25) is 18.2 Å². The van der Waals surface area contributed by atoms with Crippen molar-refractivity contribution < 1.29 is 28.5 Å². The quantitative estimate of drug-likeness (QED) is 0.364. The molecule has 1 aliphatic heterocycles. The van der Waals surface area contributed by atoms with Gasteiger partial charge in [-0.05, 0) is 48.4 Å². The third kappa shape index (κ3) is 5.15. The fraction of sp³-hybridized carbons (Fsp3) is 0.235. The summed E-state index contributed by atoms with van der Waals surface area (Å²) in [6.07, 6.45) is -0.741. The van der Waals surface area contributed by atoms with E-state index in [1.165, 1.54) is 24.3 Å². The van der Waals surface area contributed by atoms with Gasteiger partial charge in [-0.25, -0.2) is 4.39 Å². The number of β-amino-alcohol motifs (C(OH)–C–C–N with tert-alkyl or cyclic N) is 1. The number of anilines is 1. The van der Waals surface area contributed by atoms with E-state index in [0.717, 1.165) is 16.4 Å². The molecule has 1 heterocycles. The SMILES string of the molecule is O=C(N=[N+]=NCCc1ccc(N2CC(O)NS2(O)O)c(O)c1)c1ccc(F)cc1. The van der Waals surface area contributed by atoms with Gasteiger partial charge in [0, 0.05) is 5.56 Å². The molecule has 12 heteroatoms. The molecule has 1 amide bonds. The second kappa shape index (κ2) is 8.66. The minimum atomic E-state index is -3.41. The maximum Gasteiger partial charge on any atom is 0.360 e. The number of phenolic OH excluding ortho intramolecular Hbond substituents is 1. The van der Waals surface area contributed by atoms with Crippen molar-refractivity contribution in [3.8, 4) is 5.75 Å². The van der Waals surface area contributed by atoms with Crippen LogP contribution < -0.4 is 13.9 Å². The minimum Gasteiger partial charge on any atom is -0.506 e. The van der Waals surface area contributed by atoms with Crippen LogP contribution in [0, 0.1) is 5.82 Å². The normalized spacial score (nSPS) is 18.8. The Morgan fingerprint density at radius 1 is 1.28 bits per heavy atom. The van der Waals surface area contributed by atoms with Crippen LogP contribution in [0.4, 0.5) is 10.1 Å². The zero-order valence-electron chi connectivity index (χ0n) is 15.0. The highest BCUT2D eigenvalue weighted by molar-refractivity contribution is 8.24. The number of nitrogens with one attached hydrogen (secondary N) is 1. The lowest BCUT2D eigenvalue weighted by Crippen LogP contribution is -2.25. The molecule has 0 bridgehead atoms. The second-order valence-electron chi connectivity index (χ2n) is 6.15. The first-order valence-corrected chi connectivity index (χ1v) is 9.97. The Labute approximate surface area is 166 Å². The van der Waals surface area contributed by atoms with Crippen molar-refractivity contribution in [2.75, 3.05) is 17.4 Å². The van der Waals surface area contributed by atoms with E-state index in [4.69, 9.17) is 0 Å². The van der Waals surface area contributed by atoms with Crippen molar-refractivity contribution >= 4 is 22.6 Å². The van der Waals surface area contributed by atoms with Gasteiger partial charge in [0.15, 0.2) is 0 Å². The number of aliphatic hydroxyl groups excluding tert-OH is 1. The lowest BCUT2D eigenvalue weighted by Gasteiger charge is -2.36. The lowest BCUT2D eigenvalue weighted by atomic mass is 10.1. The van der Waals surface area contributed by atoms with Gasteiger partial charge in [0.05, 0.1) is 6.54 Å². The number of nitrogens with zero attached hydrogens (tertiary/aromatic N) is 4. The van der Waals surface area contributed by atoms with E-state index in [1.807, 2.05) is 0 Å². The Kier molecular flexibility index (Phi) is 6.23. The molecule has 2 aromatic carbocycles. The molecule has 2 aromatic rings. The van der Waals surface area contributed by atoms with Gasteiger partial charge in [0.2, 0.25) is 10.0 Å². The fourth-order valence-electron chi connectivity index (χ4n) is 2.66. The summed E-state index contributed by atoms with van der Waals surface area (Å²) in [5, 5.41) is 26.9. The number of rotatable bonds is 5. The summed E-state index contributed by atoms with van der Waals surface area (Å²) in [4.78, 5) is 15.2. The Morgan fingerprint density at radius 2 is 2.00 bits per heavy atom. The Bertz CT molecular complexity index is 965. The van der Waals surface area contributed by atoms with E-state index < -0.39 is 28.9 Å². The zero-order chi connectivity index (χ0) is 21.0.